The van der Waals surface area contributed by atoms with E-state index in [9.17, 15) is 4.39 Å². The number of hydrogen-bond donors (Lipinski definition) is 1. The van der Waals surface area contributed by atoms with Gasteiger partial charge in [0.05, 0.1) is 5.75 Å². The van der Waals surface area contributed by atoms with Crippen LogP contribution in [0.1, 0.15) is 31.0 Å². The summed E-state index contributed by atoms with van der Waals surface area (Å²) in [6, 6.07) is 6.45. The second-order valence-corrected chi connectivity index (χ2v) is 5.32. The number of rotatable bonds is 6. The molecule has 0 fully saturated rings. The number of aromatic nitrogens is 2. The standard InChI is InChI=1S/C13H16FN3OS/c1-9(5-6-15)13-16-12(17-18-13)8-19-11-4-2-3-10(14)7-11/h2-4,7,9H,5-6,8,15H2,1H3. The van der Waals surface area contributed by atoms with Gasteiger partial charge in [-0.25, -0.2) is 4.39 Å². The van der Waals surface area contributed by atoms with Crippen molar-refractivity contribution in [1.82, 2.24) is 10.1 Å². The molecule has 0 amide bonds. The second kappa shape index (κ2) is 6.68. The Morgan fingerprint density at radius 2 is 2.32 bits per heavy atom. The van der Waals surface area contributed by atoms with Crippen LogP contribution in [0, 0.1) is 5.82 Å². The minimum Gasteiger partial charge on any atom is -0.339 e. The van der Waals surface area contributed by atoms with Crippen LogP contribution in [0.25, 0.3) is 0 Å². The van der Waals surface area contributed by atoms with Crippen LogP contribution in [0.4, 0.5) is 4.39 Å². The Labute approximate surface area is 115 Å². The van der Waals surface area contributed by atoms with Crippen molar-refractivity contribution in [3.63, 3.8) is 0 Å². The van der Waals surface area contributed by atoms with Crippen LogP contribution >= 0.6 is 11.8 Å². The average molecular weight is 281 g/mol. The normalized spacial score (nSPS) is 12.6. The van der Waals surface area contributed by atoms with Crippen molar-refractivity contribution in [3.8, 4) is 0 Å². The molecular weight excluding hydrogens is 265 g/mol. The molecule has 0 aliphatic heterocycles. The fourth-order valence-electron chi connectivity index (χ4n) is 1.60. The summed E-state index contributed by atoms with van der Waals surface area (Å²) in [5.41, 5.74) is 5.49. The monoisotopic (exact) mass is 281 g/mol. The van der Waals surface area contributed by atoms with Gasteiger partial charge in [0.2, 0.25) is 5.89 Å². The minimum absolute atomic E-state index is 0.172. The summed E-state index contributed by atoms with van der Waals surface area (Å²) in [7, 11) is 0. The largest absolute Gasteiger partial charge is 0.339 e. The molecule has 1 atom stereocenters. The topological polar surface area (TPSA) is 64.9 Å². The van der Waals surface area contributed by atoms with Gasteiger partial charge < -0.3 is 10.3 Å². The molecule has 0 bridgehead atoms. The first-order valence-corrected chi connectivity index (χ1v) is 7.08. The van der Waals surface area contributed by atoms with Crippen molar-refractivity contribution in [2.24, 2.45) is 5.73 Å². The Hall–Kier alpha value is -1.40. The van der Waals surface area contributed by atoms with Crippen LogP contribution in [0.15, 0.2) is 33.7 Å². The van der Waals surface area contributed by atoms with Gasteiger partial charge in [-0.05, 0) is 31.2 Å². The first-order valence-electron chi connectivity index (χ1n) is 6.10. The maximum Gasteiger partial charge on any atom is 0.229 e. The molecule has 0 spiro atoms. The lowest BCUT2D eigenvalue weighted by Gasteiger charge is -2.01. The molecule has 19 heavy (non-hydrogen) atoms. The van der Waals surface area contributed by atoms with Crippen molar-refractivity contribution >= 4 is 11.8 Å². The van der Waals surface area contributed by atoms with Crippen LogP contribution in [-0.4, -0.2) is 16.7 Å². The summed E-state index contributed by atoms with van der Waals surface area (Å²) < 4.78 is 18.2. The van der Waals surface area contributed by atoms with Crippen LogP contribution in [0.5, 0.6) is 0 Å². The summed E-state index contributed by atoms with van der Waals surface area (Å²) in [4.78, 5) is 5.17. The number of benzene rings is 1. The molecule has 4 nitrogen and oxygen atoms in total. The van der Waals surface area contributed by atoms with Crippen molar-refractivity contribution in [1.29, 1.82) is 0 Å². The van der Waals surface area contributed by atoms with Gasteiger partial charge in [-0.2, -0.15) is 4.98 Å². The minimum atomic E-state index is -0.240. The lowest BCUT2D eigenvalue weighted by molar-refractivity contribution is 0.352. The van der Waals surface area contributed by atoms with Crippen LogP contribution in [-0.2, 0) is 5.75 Å². The van der Waals surface area contributed by atoms with Gasteiger partial charge in [0.15, 0.2) is 5.82 Å². The number of thioether (sulfide) groups is 1. The van der Waals surface area contributed by atoms with Crippen molar-refractivity contribution < 1.29 is 8.91 Å². The van der Waals surface area contributed by atoms with E-state index in [-0.39, 0.29) is 11.7 Å². The fraction of sp³-hybridized carbons (Fsp3) is 0.385. The molecular formula is C13H16FN3OS. The fourth-order valence-corrected chi connectivity index (χ4v) is 2.39. The lowest BCUT2D eigenvalue weighted by Crippen LogP contribution is -2.04. The van der Waals surface area contributed by atoms with E-state index in [4.69, 9.17) is 10.3 Å². The van der Waals surface area contributed by atoms with Gasteiger partial charge in [-0.3, -0.25) is 0 Å². The smallest absolute Gasteiger partial charge is 0.229 e. The van der Waals surface area contributed by atoms with E-state index in [1.54, 1.807) is 6.07 Å². The number of hydrogen-bond acceptors (Lipinski definition) is 5. The van der Waals surface area contributed by atoms with Gasteiger partial charge in [0.25, 0.3) is 0 Å². The average Bonchev–Trinajstić information content (AvgIpc) is 2.86. The zero-order valence-electron chi connectivity index (χ0n) is 10.7. The number of halogens is 1. The van der Waals surface area contributed by atoms with Crippen molar-refractivity contribution in [3.05, 3.63) is 41.8 Å². The first-order chi connectivity index (χ1) is 9.19. The van der Waals surface area contributed by atoms with Gasteiger partial charge >= 0.3 is 0 Å². The summed E-state index contributed by atoms with van der Waals surface area (Å²) in [5, 5.41) is 3.92. The third-order valence-electron chi connectivity index (χ3n) is 2.67. The Balaban J connectivity index is 1.93. The molecule has 2 rings (SSSR count). The molecule has 1 unspecified atom stereocenters. The first kappa shape index (κ1) is 14.0. The highest BCUT2D eigenvalue weighted by atomic mass is 32.2. The van der Waals surface area contributed by atoms with Gasteiger partial charge in [0, 0.05) is 10.8 Å². The van der Waals surface area contributed by atoms with Crippen molar-refractivity contribution in [2.75, 3.05) is 6.54 Å². The highest BCUT2D eigenvalue weighted by Gasteiger charge is 2.13. The van der Waals surface area contributed by atoms with Gasteiger partial charge in [0.1, 0.15) is 5.82 Å². The maximum atomic E-state index is 13.0. The van der Waals surface area contributed by atoms with Crippen LogP contribution < -0.4 is 5.73 Å². The zero-order valence-corrected chi connectivity index (χ0v) is 11.5. The predicted molar refractivity (Wildman–Crippen MR) is 72.3 cm³/mol. The molecule has 2 aromatic rings. The van der Waals surface area contributed by atoms with Crippen LogP contribution in [0.2, 0.25) is 0 Å². The van der Waals surface area contributed by atoms with E-state index in [2.05, 4.69) is 10.1 Å². The predicted octanol–water partition coefficient (Wildman–Crippen LogP) is 2.95. The van der Waals surface area contributed by atoms with E-state index in [1.165, 1.54) is 23.9 Å². The lowest BCUT2D eigenvalue weighted by atomic mass is 10.1. The molecule has 0 saturated carbocycles. The summed E-state index contributed by atoms with van der Waals surface area (Å²) >= 11 is 1.48. The molecule has 0 radical (unpaired) electrons. The van der Waals surface area contributed by atoms with E-state index < -0.39 is 0 Å². The molecule has 102 valence electrons. The van der Waals surface area contributed by atoms with Gasteiger partial charge in [-0.15, -0.1) is 11.8 Å². The van der Waals surface area contributed by atoms with E-state index in [0.29, 0.717) is 24.0 Å². The molecule has 0 aliphatic rings. The van der Waals surface area contributed by atoms with E-state index >= 15 is 0 Å². The Morgan fingerprint density at radius 1 is 1.47 bits per heavy atom. The third kappa shape index (κ3) is 4.04. The highest BCUT2D eigenvalue weighted by molar-refractivity contribution is 7.98. The molecule has 1 aromatic heterocycles. The number of nitrogens with zero attached hydrogens (tertiary/aromatic N) is 2. The second-order valence-electron chi connectivity index (χ2n) is 4.27. The van der Waals surface area contributed by atoms with Crippen LogP contribution in [0.3, 0.4) is 0 Å². The molecule has 2 N–H and O–H groups in total. The van der Waals surface area contributed by atoms with Crippen molar-refractivity contribution in [2.45, 2.75) is 29.9 Å². The molecule has 1 heterocycles. The van der Waals surface area contributed by atoms with E-state index in [1.807, 2.05) is 13.0 Å². The quantitative estimate of drug-likeness (QED) is 0.825. The summed E-state index contributed by atoms with van der Waals surface area (Å²) in [6.45, 7) is 2.60. The zero-order chi connectivity index (χ0) is 13.7. The molecule has 0 saturated heterocycles. The molecule has 1 aromatic carbocycles. The van der Waals surface area contributed by atoms with Gasteiger partial charge in [-0.1, -0.05) is 18.1 Å². The maximum absolute atomic E-state index is 13.0. The molecule has 6 heteroatoms. The third-order valence-corrected chi connectivity index (χ3v) is 3.66. The highest BCUT2D eigenvalue weighted by Crippen LogP contribution is 2.23. The summed E-state index contributed by atoms with van der Waals surface area (Å²) in [5.74, 6) is 1.72. The Kier molecular flexibility index (Phi) is 4.93. The number of nitrogens with two attached hydrogens (primary N) is 1. The SMILES string of the molecule is CC(CCN)c1nc(CSc2cccc(F)c2)no1. The Bertz CT molecular complexity index is 532. The summed E-state index contributed by atoms with van der Waals surface area (Å²) in [6.07, 6.45) is 0.818. The molecule has 0 aliphatic carbocycles. The van der Waals surface area contributed by atoms with E-state index in [0.717, 1.165) is 11.3 Å². The Morgan fingerprint density at radius 3 is 3.05 bits per heavy atom.